The van der Waals surface area contributed by atoms with Crippen molar-refractivity contribution in [2.75, 3.05) is 0 Å². The molecular weight excluding hydrogens is 176 g/mol. The third-order valence-corrected chi connectivity index (χ3v) is 2.39. The smallest absolute Gasteiger partial charge is 0.227 e. The number of furan rings is 1. The fourth-order valence-corrected chi connectivity index (χ4v) is 1.71. The van der Waals surface area contributed by atoms with Crippen LogP contribution in [0.15, 0.2) is 35.1 Å². The van der Waals surface area contributed by atoms with Crippen molar-refractivity contribution in [2.45, 2.75) is 6.92 Å². The van der Waals surface area contributed by atoms with Gasteiger partial charge in [-0.2, -0.15) is 0 Å². The van der Waals surface area contributed by atoms with Crippen molar-refractivity contribution in [1.29, 1.82) is 0 Å². The molecule has 0 saturated carbocycles. The molecule has 3 heteroatoms. The molecule has 68 valence electrons. The average Bonchev–Trinajstić information content (AvgIpc) is 2.57. The number of pyridine rings is 2. The molecule has 0 N–H and O–H groups in total. The van der Waals surface area contributed by atoms with Gasteiger partial charge in [0, 0.05) is 17.8 Å². The van der Waals surface area contributed by atoms with E-state index in [1.165, 1.54) is 5.56 Å². The number of aryl methyl sites for hydroxylation is 1. The summed E-state index contributed by atoms with van der Waals surface area (Å²) in [5.41, 5.74) is 2.66. The van der Waals surface area contributed by atoms with Crippen LogP contribution in [0.25, 0.3) is 22.1 Å². The summed E-state index contributed by atoms with van der Waals surface area (Å²) in [6, 6.07) is 3.94. The Hall–Kier alpha value is -1.90. The molecule has 0 aliphatic heterocycles. The van der Waals surface area contributed by atoms with Gasteiger partial charge in [-0.05, 0) is 24.6 Å². The van der Waals surface area contributed by atoms with Crippen LogP contribution in [0.3, 0.4) is 0 Å². The minimum Gasteiger partial charge on any atom is -0.436 e. The first-order valence-electron chi connectivity index (χ1n) is 4.44. The molecule has 0 radical (unpaired) electrons. The summed E-state index contributed by atoms with van der Waals surface area (Å²) >= 11 is 0. The number of aromatic nitrogens is 2. The van der Waals surface area contributed by atoms with Gasteiger partial charge in [-0.3, -0.25) is 4.98 Å². The van der Waals surface area contributed by atoms with Gasteiger partial charge in [0.15, 0.2) is 5.58 Å². The average molecular weight is 184 g/mol. The molecule has 0 amide bonds. The Morgan fingerprint density at radius 1 is 1.21 bits per heavy atom. The Balaban J connectivity index is 2.65. The maximum absolute atomic E-state index is 5.56. The highest BCUT2D eigenvalue weighted by atomic mass is 16.3. The molecule has 0 atom stereocenters. The molecule has 0 aromatic carbocycles. The van der Waals surface area contributed by atoms with E-state index in [0.29, 0.717) is 5.71 Å². The van der Waals surface area contributed by atoms with E-state index in [-0.39, 0.29) is 0 Å². The summed E-state index contributed by atoms with van der Waals surface area (Å²) in [4.78, 5) is 8.20. The van der Waals surface area contributed by atoms with Gasteiger partial charge in [0.1, 0.15) is 0 Å². The maximum Gasteiger partial charge on any atom is 0.227 e. The Labute approximate surface area is 80.4 Å². The minimum atomic E-state index is 0.688. The molecule has 0 saturated heterocycles. The number of nitrogens with zero attached hydrogens (tertiary/aromatic N) is 2. The summed E-state index contributed by atoms with van der Waals surface area (Å²) in [5.74, 6) is 0. The van der Waals surface area contributed by atoms with Crippen LogP contribution in [0.5, 0.6) is 0 Å². The van der Waals surface area contributed by atoms with Crippen molar-refractivity contribution in [1.82, 2.24) is 9.97 Å². The zero-order valence-corrected chi connectivity index (χ0v) is 7.69. The van der Waals surface area contributed by atoms with Crippen LogP contribution in [-0.2, 0) is 0 Å². The first-order chi connectivity index (χ1) is 6.86. The quantitative estimate of drug-likeness (QED) is 0.539. The molecular formula is C11H8N2O. The van der Waals surface area contributed by atoms with Gasteiger partial charge >= 0.3 is 0 Å². The Morgan fingerprint density at radius 2 is 2.14 bits per heavy atom. The second kappa shape index (κ2) is 2.54. The monoisotopic (exact) mass is 184 g/mol. The van der Waals surface area contributed by atoms with Gasteiger partial charge in [-0.25, -0.2) is 4.98 Å². The van der Waals surface area contributed by atoms with Crippen LogP contribution in [0, 0.1) is 6.92 Å². The van der Waals surface area contributed by atoms with E-state index in [4.69, 9.17) is 4.42 Å². The Kier molecular flexibility index (Phi) is 1.36. The number of rotatable bonds is 0. The molecule has 3 nitrogen and oxygen atoms in total. The Morgan fingerprint density at radius 3 is 3.07 bits per heavy atom. The highest BCUT2D eigenvalue weighted by molar-refractivity contribution is 6.04. The molecule has 0 fully saturated rings. The molecule has 3 aromatic heterocycles. The van der Waals surface area contributed by atoms with Crippen molar-refractivity contribution in [3.05, 3.63) is 36.3 Å². The van der Waals surface area contributed by atoms with Crippen molar-refractivity contribution >= 4 is 22.1 Å². The van der Waals surface area contributed by atoms with E-state index in [2.05, 4.69) is 16.9 Å². The van der Waals surface area contributed by atoms with Crippen LogP contribution in [0.1, 0.15) is 5.56 Å². The van der Waals surface area contributed by atoms with Gasteiger partial charge in [-0.1, -0.05) is 0 Å². The van der Waals surface area contributed by atoms with Crippen LogP contribution < -0.4 is 0 Å². The van der Waals surface area contributed by atoms with E-state index in [1.54, 1.807) is 18.6 Å². The lowest BCUT2D eigenvalue weighted by molar-refractivity contribution is 0.652. The first kappa shape index (κ1) is 7.50. The normalized spacial score (nSPS) is 11.2. The zero-order chi connectivity index (χ0) is 9.54. The van der Waals surface area contributed by atoms with Gasteiger partial charge in [0.2, 0.25) is 5.71 Å². The predicted octanol–water partition coefficient (Wildman–Crippen LogP) is 2.68. The van der Waals surface area contributed by atoms with Crippen LogP contribution in [0.4, 0.5) is 0 Å². The third kappa shape index (κ3) is 0.865. The summed E-state index contributed by atoms with van der Waals surface area (Å²) in [7, 11) is 0. The molecule has 0 unspecified atom stereocenters. The molecule has 3 rings (SSSR count). The Bertz CT molecular complexity index is 613. The van der Waals surface area contributed by atoms with Crippen molar-refractivity contribution in [3.8, 4) is 0 Å². The van der Waals surface area contributed by atoms with Crippen LogP contribution in [0.2, 0.25) is 0 Å². The van der Waals surface area contributed by atoms with Gasteiger partial charge in [-0.15, -0.1) is 0 Å². The fourth-order valence-electron chi connectivity index (χ4n) is 1.71. The number of fused-ring (bicyclic) bond motifs is 3. The topological polar surface area (TPSA) is 38.9 Å². The van der Waals surface area contributed by atoms with Crippen molar-refractivity contribution in [2.24, 2.45) is 0 Å². The van der Waals surface area contributed by atoms with Crippen LogP contribution >= 0.6 is 0 Å². The highest BCUT2D eigenvalue weighted by Crippen LogP contribution is 2.28. The van der Waals surface area contributed by atoms with E-state index >= 15 is 0 Å². The molecule has 0 aliphatic rings. The van der Waals surface area contributed by atoms with Gasteiger partial charge in [0.05, 0.1) is 11.6 Å². The first-order valence-corrected chi connectivity index (χ1v) is 4.44. The SMILES string of the molecule is Cc1ccnc2oc3cnccc3c12. The van der Waals surface area contributed by atoms with E-state index in [9.17, 15) is 0 Å². The summed E-state index contributed by atoms with van der Waals surface area (Å²) in [5, 5.41) is 2.17. The zero-order valence-electron chi connectivity index (χ0n) is 7.69. The van der Waals surface area contributed by atoms with E-state index < -0.39 is 0 Å². The standard InChI is InChI=1S/C11H8N2O/c1-7-2-5-13-11-10(7)8-3-4-12-6-9(8)14-11/h2-6H,1H3. The maximum atomic E-state index is 5.56. The molecule has 3 heterocycles. The van der Waals surface area contributed by atoms with Gasteiger partial charge in [0.25, 0.3) is 0 Å². The fraction of sp³-hybridized carbons (Fsp3) is 0.0909. The minimum absolute atomic E-state index is 0.688. The molecule has 3 aromatic rings. The summed E-state index contributed by atoms with van der Waals surface area (Å²) < 4.78 is 5.56. The summed E-state index contributed by atoms with van der Waals surface area (Å²) in [6.45, 7) is 2.05. The number of hydrogen-bond acceptors (Lipinski definition) is 3. The van der Waals surface area contributed by atoms with Crippen molar-refractivity contribution in [3.63, 3.8) is 0 Å². The largest absolute Gasteiger partial charge is 0.436 e. The van der Waals surface area contributed by atoms with Gasteiger partial charge < -0.3 is 4.42 Å². The lowest BCUT2D eigenvalue weighted by Gasteiger charge is -1.92. The molecule has 14 heavy (non-hydrogen) atoms. The van der Waals surface area contributed by atoms with E-state index in [0.717, 1.165) is 16.4 Å². The van der Waals surface area contributed by atoms with Crippen LogP contribution in [-0.4, -0.2) is 9.97 Å². The molecule has 0 spiro atoms. The molecule has 0 aliphatic carbocycles. The lowest BCUT2D eigenvalue weighted by Crippen LogP contribution is -1.76. The molecule has 0 bridgehead atoms. The second-order valence-corrected chi connectivity index (χ2v) is 3.28. The third-order valence-electron chi connectivity index (χ3n) is 2.39. The number of hydrogen-bond donors (Lipinski definition) is 0. The summed E-state index contributed by atoms with van der Waals surface area (Å²) in [6.07, 6.45) is 5.24. The van der Waals surface area contributed by atoms with Crippen molar-refractivity contribution < 1.29 is 4.42 Å². The highest BCUT2D eigenvalue weighted by Gasteiger charge is 2.08. The predicted molar refractivity (Wildman–Crippen MR) is 54.0 cm³/mol. The lowest BCUT2D eigenvalue weighted by atomic mass is 10.1. The van der Waals surface area contributed by atoms with E-state index in [1.807, 2.05) is 12.1 Å². The second-order valence-electron chi connectivity index (χ2n) is 3.28.